The molecule has 0 bridgehead atoms. The van der Waals surface area contributed by atoms with Gasteiger partial charge in [0.25, 0.3) is 0 Å². The van der Waals surface area contributed by atoms with Gasteiger partial charge in [-0.15, -0.1) is 0 Å². The van der Waals surface area contributed by atoms with E-state index in [0.29, 0.717) is 0 Å². The average Bonchev–Trinajstić information content (AvgIpc) is 2.74. The first-order valence-corrected chi connectivity index (χ1v) is 10.6. The monoisotopic (exact) mass is 379 g/mol. The molecule has 0 radical (unpaired) electrons. The summed E-state index contributed by atoms with van der Waals surface area (Å²) in [5.74, 6) is 0. The van der Waals surface area contributed by atoms with Crippen molar-refractivity contribution in [2.45, 2.75) is 32.9 Å². The summed E-state index contributed by atoms with van der Waals surface area (Å²) >= 11 is 0. The molecular weight excluding hydrogens is 350 g/mol. The number of aryl methyl sites for hydroxylation is 2. The van der Waals surface area contributed by atoms with Crippen LogP contribution < -0.4 is 0 Å². The lowest BCUT2D eigenvalue weighted by Gasteiger charge is -2.23. The predicted molar refractivity (Wildman–Crippen MR) is 124 cm³/mol. The van der Waals surface area contributed by atoms with Gasteiger partial charge in [-0.1, -0.05) is 96.6 Å². The minimum absolute atomic E-state index is 0.980. The smallest absolute Gasteiger partial charge is 0.0237 e. The molecule has 0 saturated heterocycles. The van der Waals surface area contributed by atoms with Gasteiger partial charge in [-0.05, 0) is 59.8 Å². The number of rotatable bonds is 8. The molecule has 0 fully saturated rings. The molecule has 4 aromatic rings. The Balaban J connectivity index is 1.48. The summed E-state index contributed by atoms with van der Waals surface area (Å²) in [6, 6.07) is 35.2. The maximum Gasteiger partial charge on any atom is 0.0237 e. The fraction of sp³-hybridized carbons (Fsp3) is 0.214. The molecule has 1 heteroatoms. The van der Waals surface area contributed by atoms with Crippen molar-refractivity contribution in [3.63, 3.8) is 0 Å². The van der Waals surface area contributed by atoms with Crippen molar-refractivity contribution in [1.29, 1.82) is 0 Å². The van der Waals surface area contributed by atoms with E-state index in [-0.39, 0.29) is 0 Å². The zero-order chi connectivity index (χ0) is 19.9. The summed E-state index contributed by atoms with van der Waals surface area (Å²) in [6.07, 6.45) is 2.30. The molecule has 0 aliphatic rings. The predicted octanol–water partition coefficient (Wildman–Crippen LogP) is 6.78. The minimum atomic E-state index is 0.980. The Morgan fingerprint density at radius 1 is 0.586 bits per heavy atom. The van der Waals surface area contributed by atoms with E-state index in [9.17, 15) is 0 Å². The molecule has 0 saturated carbocycles. The fourth-order valence-electron chi connectivity index (χ4n) is 4.03. The molecule has 0 amide bonds. The molecule has 1 nitrogen and oxygen atoms in total. The standard InChI is InChI=1S/C28H29N/c1-23-9-7-12-25(19-23)21-29(18-8-13-24-10-3-2-4-11-24)22-26-16-17-27-14-5-6-15-28(27)20-26/h2-7,9-12,14-17,19-20H,8,13,18,21-22H2,1H3. The van der Waals surface area contributed by atoms with Crippen molar-refractivity contribution in [2.24, 2.45) is 0 Å². The van der Waals surface area contributed by atoms with Gasteiger partial charge in [0.2, 0.25) is 0 Å². The maximum atomic E-state index is 2.59. The van der Waals surface area contributed by atoms with Gasteiger partial charge in [0.15, 0.2) is 0 Å². The second-order valence-corrected chi connectivity index (χ2v) is 7.97. The van der Waals surface area contributed by atoms with Crippen LogP contribution in [0.4, 0.5) is 0 Å². The summed E-state index contributed by atoms with van der Waals surface area (Å²) in [6.45, 7) is 5.24. The topological polar surface area (TPSA) is 3.24 Å². The lowest BCUT2D eigenvalue weighted by molar-refractivity contribution is 0.253. The van der Waals surface area contributed by atoms with Crippen molar-refractivity contribution in [3.8, 4) is 0 Å². The highest BCUT2D eigenvalue weighted by molar-refractivity contribution is 5.82. The minimum Gasteiger partial charge on any atom is -0.295 e. The summed E-state index contributed by atoms with van der Waals surface area (Å²) < 4.78 is 0. The molecular formula is C28H29N. The fourth-order valence-corrected chi connectivity index (χ4v) is 4.03. The van der Waals surface area contributed by atoms with E-state index in [1.165, 1.54) is 39.4 Å². The quantitative estimate of drug-likeness (QED) is 0.326. The van der Waals surface area contributed by atoms with E-state index in [1.807, 2.05) is 0 Å². The van der Waals surface area contributed by atoms with Crippen molar-refractivity contribution >= 4 is 10.8 Å². The Labute approximate surface area is 174 Å². The van der Waals surface area contributed by atoms with Crippen LogP contribution in [0.5, 0.6) is 0 Å². The van der Waals surface area contributed by atoms with Crippen molar-refractivity contribution < 1.29 is 0 Å². The molecule has 146 valence electrons. The molecule has 0 unspecified atom stereocenters. The van der Waals surface area contributed by atoms with Crippen LogP contribution in [0.15, 0.2) is 97.1 Å². The summed E-state index contributed by atoms with van der Waals surface area (Å²) in [5.41, 5.74) is 5.53. The Bertz CT molecular complexity index is 1050. The number of nitrogens with zero attached hydrogens (tertiary/aromatic N) is 1. The van der Waals surface area contributed by atoms with E-state index < -0.39 is 0 Å². The van der Waals surface area contributed by atoms with E-state index >= 15 is 0 Å². The van der Waals surface area contributed by atoms with E-state index in [1.54, 1.807) is 0 Å². The first kappa shape index (κ1) is 19.4. The highest BCUT2D eigenvalue weighted by Crippen LogP contribution is 2.18. The van der Waals surface area contributed by atoms with E-state index in [0.717, 1.165) is 26.1 Å². The first-order valence-electron chi connectivity index (χ1n) is 10.6. The van der Waals surface area contributed by atoms with Crippen LogP contribution >= 0.6 is 0 Å². The van der Waals surface area contributed by atoms with Crippen LogP contribution in [0, 0.1) is 6.92 Å². The number of fused-ring (bicyclic) bond motifs is 1. The lowest BCUT2D eigenvalue weighted by atomic mass is 10.1. The third-order valence-electron chi connectivity index (χ3n) is 5.49. The van der Waals surface area contributed by atoms with E-state index in [2.05, 4.69) is 109 Å². The van der Waals surface area contributed by atoms with Crippen molar-refractivity contribution in [2.75, 3.05) is 6.54 Å². The molecule has 0 atom stereocenters. The van der Waals surface area contributed by atoms with Crippen molar-refractivity contribution in [1.82, 2.24) is 4.90 Å². The second-order valence-electron chi connectivity index (χ2n) is 7.97. The molecule has 0 aromatic heterocycles. The second kappa shape index (κ2) is 9.54. The molecule has 0 aliphatic heterocycles. The van der Waals surface area contributed by atoms with Gasteiger partial charge >= 0.3 is 0 Å². The molecule has 0 aliphatic carbocycles. The van der Waals surface area contributed by atoms with Crippen LogP contribution in [-0.4, -0.2) is 11.4 Å². The van der Waals surface area contributed by atoms with Gasteiger partial charge in [0, 0.05) is 13.1 Å². The molecule has 0 N–H and O–H groups in total. The Hall–Kier alpha value is -2.90. The van der Waals surface area contributed by atoms with Gasteiger partial charge < -0.3 is 0 Å². The van der Waals surface area contributed by atoms with Gasteiger partial charge in [0.05, 0.1) is 0 Å². The third kappa shape index (κ3) is 5.56. The first-order chi connectivity index (χ1) is 14.3. The van der Waals surface area contributed by atoms with Gasteiger partial charge in [-0.25, -0.2) is 0 Å². The Kier molecular flexibility index (Phi) is 6.38. The molecule has 4 rings (SSSR count). The van der Waals surface area contributed by atoms with Crippen molar-refractivity contribution in [3.05, 3.63) is 119 Å². The summed E-state index contributed by atoms with van der Waals surface area (Å²) in [5, 5.41) is 2.63. The van der Waals surface area contributed by atoms with Crippen LogP contribution in [0.3, 0.4) is 0 Å². The maximum absolute atomic E-state index is 2.59. The lowest BCUT2D eigenvalue weighted by Crippen LogP contribution is -2.24. The van der Waals surface area contributed by atoms with Crippen LogP contribution in [-0.2, 0) is 19.5 Å². The zero-order valence-corrected chi connectivity index (χ0v) is 17.2. The zero-order valence-electron chi connectivity index (χ0n) is 17.2. The summed E-state index contributed by atoms with van der Waals surface area (Å²) in [7, 11) is 0. The van der Waals surface area contributed by atoms with Crippen LogP contribution in [0.1, 0.15) is 28.7 Å². The van der Waals surface area contributed by atoms with Crippen LogP contribution in [0.2, 0.25) is 0 Å². The normalized spacial score (nSPS) is 11.2. The Morgan fingerprint density at radius 3 is 2.07 bits per heavy atom. The highest BCUT2D eigenvalue weighted by Gasteiger charge is 2.09. The van der Waals surface area contributed by atoms with Gasteiger partial charge in [-0.3, -0.25) is 4.90 Å². The Morgan fingerprint density at radius 2 is 1.28 bits per heavy atom. The molecule has 4 aromatic carbocycles. The molecule has 0 spiro atoms. The summed E-state index contributed by atoms with van der Waals surface area (Å²) in [4.78, 5) is 2.59. The van der Waals surface area contributed by atoms with Gasteiger partial charge in [-0.2, -0.15) is 0 Å². The largest absolute Gasteiger partial charge is 0.295 e. The average molecular weight is 380 g/mol. The molecule has 0 heterocycles. The number of hydrogen-bond donors (Lipinski definition) is 0. The SMILES string of the molecule is Cc1cccc(CN(CCCc2ccccc2)Cc2ccc3ccccc3c2)c1. The van der Waals surface area contributed by atoms with Crippen LogP contribution in [0.25, 0.3) is 10.8 Å². The number of hydrogen-bond acceptors (Lipinski definition) is 1. The number of benzene rings is 4. The molecule has 29 heavy (non-hydrogen) atoms. The van der Waals surface area contributed by atoms with E-state index in [4.69, 9.17) is 0 Å². The third-order valence-corrected chi connectivity index (χ3v) is 5.49. The highest BCUT2D eigenvalue weighted by atomic mass is 15.1. The van der Waals surface area contributed by atoms with Gasteiger partial charge in [0.1, 0.15) is 0 Å².